The van der Waals surface area contributed by atoms with Gasteiger partial charge in [0.05, 0.1) is 15.4 Å². The molecule has 2 rings (SSSR count). The van der Waals surface area contributed by atoms with Crippen molar-refractivity contribution in [1.29, 1.82) is 0 Å². The van der Waals surface area contributed by atoms with Crippen molar-refractivity contribution < 1.29 is 14.2 Å². The summed E-state index contributed by atoms with van der Waals surface area (Å²) >= 11 is 0. The maximum absolute atomic E-state index is 14.0. The molecule has 0 saturated heterocycles. The van der Waals surface area contributed by atoms with E-state index in [2.05, 4.69) is 0 Å². The third-order valence-electron chi connectivity index (χ3n) is 2.57. The molecule has 0 heterocycles. The van der Waals surface area contributed by atoms with Crippen LogP contribution in [0.4, 0.5) is 15.8 Å². The molecule has 0 aromatic heterocycles. The summed E-state index contributed by atoms with van der Waals surface area (Å²) < 4.78 is 14.0. The molecule has 7 heteroatoms. The van der Waals surface area contributed by atoms with Gasteiger partial charge >= 0.3 is 5.69 Å². The van der Waals surface area contributed by atoms with Gasteiger partial charge in [0.25, 0.3) is 5.69 Å². The number of nitro benzene ring substituents is 2. The van der Waals surface area contributed by atoms with E-state index >= 15 is 0 Å². The van der Waals surface area contributed by atoms with Crippen LogP contribution in [0.5, 0.6) is 0 Å². The number of nitrogens with zero attached hydrogens (tertiary/aromatic N) is 2. The second-order valence-electron chi connectivity index (χ2n) is 3.67. The minimum Gasteiger partial charge on any atom is -0.258 e. The van der Waals surface area contributed by atoms with Gasteiger partial charge in [-0.1, -0.05) is 24.3 Å². The monoisotopic (exact) mass is 262 g/mol. The van der Waals surface area contributed by atoms with Crippen LogP contribution in [-0.2, 0) is 0 Å². The van der Waals surface area contributed by atoms with Gasteiger partial charge in [0.1, 0.15) is 0 Å². The lowest BCUT2D eigenvalue weighted by molar-refractivity contribution is -0.387. The highest BCUT2D eigenvalue weighted by Gasteiger charge is 2.23. The van der Waals surface area contributed by atoms with Crippen molar-refractivity contribution in [3.8, 4) is 11.1 Å². The maximum atomic E-state index is 14.0. The van der Waals surface area contributed by atoms with Gasteiger partial charge in [0.2, 0.25) is 5.82 Å². The van der Waals surface area contributed by atoms with E-state index in [0.717, 1.165) is 6.07 Å². The standard InChI is InChI=1S/C12H7FN2O4/c13-12-9(5-3-7-11(12)15(18)19)8-4-1-2-6-10(8)14(16)17/h1-7H. The predicted octanol–water partition coefficient (Wildman–Crippen LogP) is 3.31. The molecule has 6 nitrogen and oxygen atoms in total. The maximum Gasteiger partial charge on any atom is 0.305 e. The quantitative estimate of drug-likeness (QED) is 0.627. The zero-order chi connectivity index (χ0) is 14.0. The number of hydrogen-bond acceptors (Lipinski definition) is 4. The Morgan fingerprint density at radius 3 is 1.95 bits per heavy atom. The van der Waals surface area contributed by atoms with Crippen LogP contribution in [0.25, 0.3) is 11.1 Å². The van der Waals surface area contributed by atoms with Crippen LogP contribution in [0.3, 0.4) is 0 Å². The van der Waals surface area contributed by atoms with Crippen molar-refractivity contribution >= 4 is 11.4 Å². The zero-order valence-corrected chi connectivity index (χ0v) is 9.45. The summed E-state index contributed by atoms with van der Waals surface area (Å²) in [6.07, 6.45) is 0. The SMILES string of the molecule is O=[N+]([O-])c1ccccc1-c1cccc([N+](=O)[O-])c1F. The highest BCUT2D eigenvalue weighted by Crippen LogP contribution is 2.34. The van der Waals surface area contributed by atoms with Gasteiger partial charge in [-0.3, -0.25) is 20.2 Å². The molecule has 0 spiro atoms. The normalized spacial score (nSPS) is 10.2. The van der Waals surface area contributed by atoms with E-state index < -0.39 is 21.4 Å². The fraction of sp³-hybridized carbons (Fsp3) is 0. The number of nitro groups is 2. The first-order valence-corrected chi connectivity index (χ1v) is 5.19. The molecule has 0 amide bonds. The Hall–Kier alpha value is -2.83. The van der Waals surface area contributed by atoms with E-state index in [4.69, 9.17) is 0 Å². The Balaban J connectivity index is 2.70. The first kappa shape index (κ1) is 12.6. The zero-order valence-electron chi connectivity index (χ0n) is 9.45. The molecule has 0 fully saturated rings. The number of rotatable bonds is 3. The van der Waals surface area contributed by atoms with Crippen molar-refractivity contribution in [2.45, 2.75) is 0 Å². The van der Waals surface area contributed by atoms with E-state index in [9.17, 15) is 24.6 Å². The molecule has 0 aliphatic heterocycles. The number of benzene rings is 2. The Kier molecular flexibility index (Phi) is 3.19. The first-order valence-electron chi connectivity index (χ1n) is 5.19. The molecule has 0 atom stereocenters. The van der Waals surface area contributed by atoms with Crippen molar-refractivity contribution in [3.63, 3.8) is 0 Å². The summed E-state index contributed by atoms with van der Waals surface area (Å²) in [5.41, 5.74) is -1.17. The van der Waals surface area contributed by atoms with Gasteiger partial charge in [0, 0.05) is 17.7 Å². The topological polar surface area (TPSA) is 86.3 Å². The van der Waals surface area contributed by atoms with Crippen LogP contribution in [0, 0.1) is 26.0 Å². The minimum atomic E-state index is -1.08. The van der Waals surface area contributed by atoms with Crippen LogP contribution in [0.1, 0.15) is 0 Å². The van der Waals surface area contributed by atoms with Crippen molar-refractivity contribution in [1.82, 2.24) is 0 Å². The highest BCUT2D eigenvalue weighted by atomic mass is 19.1. The first-order chi connectivity index (χ1) is 9.02. The van der Waals surface area contributed by atoms with Gasteiger partial charge < -0.3 is 0 Å². The number of para-hydroxylation sites is 1. The number of hydrogen-bond donors (Lipinski definition) is 0. The van der Waals surface area contributed by atoms with Crippen molar-refractivity contribution in [3.05, 3.63) is 68.5 Å². The summed E-state index contributed by atoms with van der Waals surface area (Å²) in [7, 11) is 0. The Morgan fingerprint density at radius 2 is 1.32 bits per heavy atom. The minimum absolute atomic E-state index is 0.00806. The molecule has 0 aliphatic rings. The molecule has 0 unspecified atom stereocenters. The number of halogens is 1. The lowest BCUT2D eigenvalue weighted by Gasteiger charge is -2.04. The van der Waals surface area contributed by atoms with Gasteiger partial charge in [0.15, 0.2) is 0 Å². The molecule has 0 N–H and O–H groups in total. The summed E-state index contributed by atoms with van der Waals surface area (Å²) in [6, 6.07) is 9.07. The van der Waals surface area contributed by atoms with Crippen LogP contribution < -0.4 is 0 Å². The smallest absolute Gasteiger partial charge is 0.258 e. The molecule has 0 aliphatic carbocycles. The molecule has 0 radical (unpaired) electrons. The van der Waals surface area contributed by atoms with Gasteiger partial charge in [-0.15, -0.1) is 0 Å². The van der Waals surface area contributed by atoms with Gasteiger partial charge in [-0.25, -0.2) is 0 Å². The Morgan fingerprint density at radius 1 is 0.789 bits per heavy atom. The van der Waals surface area contributed by atoms with Gasteiger partial charge in [-0.2, -0.15) is 4.39 Å². The molecule has 2 aromatic carbocycles. The summed E-state index contributed by atoms with van der Waals surface area (Å²) in [6.45, 7) is 0. The second-order valence-corrected chi connectivity index (χ2v) is 3.67. The highest BCUT2D eigenvalue weighted by molar-refractivity contribution is 5.75. The largest absolute Gasteiger partial charge is 0.305 e. The fourth-order valence-corrected chi connectivity index (χ4v) is 1.73. The van der Waals surface area contributed by atoms with E-state index in [0.29, 0.717) is 0 Å². The molecule has 19 heavy (non-hydrogen) atoms. The summed E-state index contributed by atoms with van der Waals surface area (Å²) in [4.78, 5) is 20.0. The summed E-state index contributed by atoms with van der Waals surface area (Å²) in [5.74, 6) is -1.08. The average molecular weight is 262 g/mol. The van der Waals surface area contributed by atoms with E-state index in [1.807, 2.05) is 0 Å². The van der Waals surface area contributed by atoms with E-state index in [1.165, 1.54) is 36.4 Å². The third kappa shape index (κ3) is 2.25. The van der Waals surface area contributed by atoms with Crippen LogP contribution in [0.15, 0.2) is 42.5 Å². The molecule has 2 aromatic rings. The molecular weight excluding hydrogens is 255 g/mol. The fourth-order valence-electron chi connectivity index (χ4n) is 1.73. The Labute approximate surface area is 106 Å². The van der Waals surface area contributed by atoms with Gasteiger partial charge in [-0.05, 0) is 6.07 Å². The van der Waals surface area contributed by atoms with Crippen molar-refractivity contribution in [2.24, 2.45) is 0 Å². The lowest BCUT2D eigenvalue weighted by Crippen LogP contribution is -1.97. The van der Waals surface area contributed by atoms with E-state index in [1.54, 1.807) is 0 Å². The third-order valence-corrected chi connectivity index (χ3v) is 2.57. The lowest BCUT2D eigenvalue weighted by atomic mass is 10.0. The Bertz CT molecular complexity index is 673. The molecule has 96 valence electrons. The van der Waals surface area contributed by atoms with Crippen molar-refractivity contribution in [2.75, 3.05) is 0 Å². The van der Waals surface area contributed by atoms with Crippen LogP contribution in [0.2, 0.25) is 0 Å². The van der Waals surface area contributed by atoms with Crippen LogP contribution in [-0.4, -0.2) is 9.85 Å². The van der Waals surface area contributed by atoms with Crippen LogP contribution >= 0.6 is 0 Å². The molecule has 0 saturated carbocycles. The summed E-state index contributed by atoms with van der Waals surface area (Å²) in [5, 5.41) is 21.5. The van der Waals surface area contributed by atoms with E-state index in [-0.39, 0.29) is 16.8 Å². The molecule has 0 bridgehead atoms. The molecular formula is C12H7FN2O4. The average Bonchev–Trinajstić information content (AvgIpc) is 2.38. The predicted molar refractivity (Wildman–Crippen MR) is 65.1 cm³/mol. The second kappa shape index (κ2) is 4.81.